The van der Waals surface area contributed by atoms with Gasteiger partial charge in [-0.05, 0) is 24.3 Å². The van der Waals surface area contributed by atoms with Crippen LogP contribution < -0.4 is 5.73 Å². The van der Waals surface area contributed by atoms with Crippen LogP contribution in [0.5, 0.6) is 0 Å². The van der Waals surface area contributed by atoms with Crippen LogP contribution in [0.3, 0.4) is 0 Å². The Kier molecular flexibility index (Phi) is 2.19. The summed E-state index contributed by atoms with van der Waals surface area (Å²) in [5.41, 5.74) is 7.58. The Bertz CT molecular complexity index is 698. The molecule has 1 amide bonds. The van der Waals surface area contributed by atoms with Crippen molar-refractivity contribution in [3.8, 4) is 10.6 Å². The van der Waals surface area contributed by atoms with E-state index in [1.165, 1.54) is 11.3 Å². The van der Waals surface area contributed by atoms with E-state index in [9.17, 15) is 4.79 Å². The Morgan fingerprint density at radius 2 is 2.24 bits per heavy atom. The molecule has 3 rings (SSSR count). The maximum Gasteiger partial charge on any atom is 0.268 e. The van der Waals surface area contributed by atoms with Crippen LogP contribution in [0.1, 0.15) is 10.5 Å². The van der Waals surface area contributed by atoms with Crippen LogP contribution in [0.2, 0.25) is 0 Å². The lowest BCUT2D eigenvalue weighted by atomic mass is 10.2. The van der Waals surface area contributed by atoms with Crippen molar-refractivity contribution in [2.45, 2.75) is 0 Å². The fourth-order valence-electron chi connectivity index (χ4n) is 1.71. The number of aromatic nitrogens is 2. The van der Waals surface area contributed by atoms with E-state index in [1.54, 1.807) is 5.38 Å². The van der Waals surface area contributed by atoms with Gasteiger partial charge in [-0.1, -0.05) is 0 Å². The molecule has 84 valence electrons. The standard InChI is InChI=1S/C12H9N3OS/c13-11(16)10-6-17-12(15-10)8-1-2-9-7(5-8)3-4-14-9/h1-6,14H,(H2,13,16). The highest BCUT2D eigenvalue weighted by Gasteiger charge is 2.09. The summed E-state index contributed by atoms with van der Waals surface area (Å²) in [6.07, 6.45) is 1.89. The SMILES string of the molecule is NC(=O)c1csc(-c2ccc3[nH]ccc3c2)n1. The van der Waals surface area contributed by atoms with E-state index < -0.39 is 5.91 Å². The summed E-state index contributed by atoms with van der Waals surface area (Å²) in [6, 6.07) is 8.01. The number of hydrogen-bond donors (Lipinski definition) is 2. The number of H-pyrrole nitrogens is 1. The predicted molar refractivity (Wildman–Crippen MR) is 67.9 cm³/mol. The van der Waals surface area contributed by atoms with Crippen molar-refractivity contribution in [2.75, 3.05) is 0 Å². The summed E-state index contributed by atoms with van der Waals surface area (Å²) in [5.74, 6) is -0.491. The van der Waals surface area contributed by atoms with E-state index in [4.69, 9.17) is 5.73 Å². The number of primary amides is 1. The molecule has 0 aliphatic carbocycles. The molecule has 0 radical (unpaired) electrons. The maximum absolute atomic E-state index is 11.0. The number of carbonyl (C=O) groups is 1. The van der Waals surface area contributed by atoms with Crippen LogP contribution in [-0.2, 0) is 0 Å². The molecule has 3 N–H and O–H groups in total. The molecular formula is C12H9N3OS. The lowest BCUT2D eigenvalue weighted by Crippen LogP contribution is -2.10. The van der Waals surface area contributed by atoms with Crippen molar-refractivity contribution in [3.63, 3.8) is 0 Å². The van der Waals surface area contributed by atoms with Gasteiger partial charge in [-0.2, -0.15) is 0 Å². The summed E-state index contributed by atoms with van der Waals surface area (Å²) in [4.78, 5) is 18.3. The first-order valence-corrected chi connectivity index (χ1v) is 5.95. The molecule has 0 saturated carbocycles. The lowest BCUT2D eigenvalue weighted by Gasteiger charge is -1.96. The van der Waals surface area contributed by atoms with Gasteiger partial charge in [0.05, 0.1) is 0 Å². The Hall–Kier alpha value is -2.14. The normalized spacial score (nSPS) is 10.8. The molecule has 0 saturated heterocycles. The van der Waals surface area contributed by atoms with Gasteiger partial charge in [-0.25, -0.2) is 4.98 Å². The van der Waals surface area contributed by atoms with E-state index in [2.05, 4.69) is 9.97 Å². The van der Waals surface area contributed by atoms with Gasteiger partial charge >= 0.3 is 0 Å². The molecule has 2 aromatic heterocycles. The second-order valence-corrected chi connectivity index (χ2v) is 4.54. The van der Waals surface area contributed by atoms with Crippen molar-refractivity contribution >= 4 is 28.1 Å². The third-order valence-corrected chi connectivity index (χ3v) is 3.45. The quantitative estimate of drug-likeness (QED) is 0.725. The molecule has 5 heteroatoms. The zero-order valence-corrected chi connectivity index (χ0v) is 9.62. The Balaban J connectivity index is 2.09. The summed E-state index contributed by atoms with van der Waals surface area (Å²) in [6.45, 7) is 0. The first-order chi connectivity index (χ1) is 8.24. The van der Waals surface area contributed by atoms with Gasteiger partial charge in [-0.3, -0.25) is 4.79 Å². The minimum atomic E-state index is -0.491. The van der Waals surface area contributed by atoms with Crippen molar-refractivity contribution in [2.24, 2.45) is 5.73 Å². The number of nitrogens with zero attached hydrogens (tertiary/aromatic N) is 1. The number of fused-ring (bicyclic) bond motifs is 1. The number of benzene rings is 1. The molecule has 17 heavy (non-hydrogen) atoms. The van der Waals surface area contributed by atoms with Gasteiger partial charge in [0, 0.05) is 28.0 Å². The summed E-state index contributed by atoms with van der Waals surface area (Å²) < 4.78 is 0. The zero-order chi connectivity index (χ0) is 11.8. The fourth-order valence-corrected chi connectivity index (χ4v) is 2.51. The summed E-state index contributed by atoms with van der Waals surface area (Å²) in [7, 11) is 0. The number of amides is 1. The zero-order valence-electron chi connectivity index (χ0n) is 8.81. The number of hydrogen-bond acceptors (Lipinski definition) is 3. The number of carbonyl (C=O) groups excluding carboxylic acids is 1. The number of rotatable bonds is 2. The molecule has 1 aromatic carbocycles. The molecule has 2 heterocycles. The highest BCUT2D eigenvalue weighted by molar-refractivity contribution is 7.13. The molecular weight excluding hydrogens is 234 g/mol. The second kappa shape index (κ2) is 3.71. The molecule has 0 spiro atoms. The average Bonchev–Trinajstić information content (AvgIpc) is 2.97. The molecule has 0 unspecified atom stereocenters. The van der Waals surface area contributed by atoms with Crippen LogP contribution in [-0.4, -0.2) is 15.9 Å². The van der Waals surface area contributed by atoms with Crippen molar-refractivity contribution in [1.29, 1.82) is 0 Å². The van der Waals surface area contributed by atoms with E-state index in [-0.39, 0.29) is 0 Å². The Labute approximate surface area is 101 Å². The number of thiazole rings is 1. The van der Waals surface area contributed by atoms with Crippen LogP contribution >= 0.6 is 11.3 Å². The average molecular weight is 243 g/mol. The first kappa shape index (κ1) is 10.0. The smallest absolute Gasteiger partial charge is 0.268 e. The van der Waals surface area contributed by atoms with Crippen molar-refractivity contribution < 1.29 is 4.79 Å². The first-order valence-electron chi connectivity index (χ1n) is 5.07. The maximum atomic E-state index is 11.0. The van der Waals surface area contributed by atoms with E-state index in [0.29, 0.717) is 5.69 Å². The van der Waals surface area contributed by atoms with E-state index in [0.717, 1.165) is 21.5 Å². The highest BCUT2D eigenvalue weighted by Crippen LogP contribution is 2.26. The van der Waals surface area contributed by atoms with Crippen LogP contribution in [0.25, 0.3) is 21.5 Å². The minimum absolute atomic E-state index is 0.319. The third-order valence-electron chi connectivity index (χ3n) is 2.56. The number of nitrogens with one attached hydrogen (secondary N) is 1. The summed E-state index contributed by atoms with van der Waals surface area (Å²) in [5, 5.41) is 3.61. The van der Waals surface area contributed by atoms with Crippen molar-refractivity contribution in [1.82, 2.24) is 9.97 Å². The summed E-state index contributed by atoms with van der Waals surface area (Å²) >= 11 is 1.42. The fraction of sp³-hybridized carbons (Fsp3) is 0. The van der Waals surface area contributed by atoms with Crippen LogP contribution in [0, 0.1) is 0 Å². The van der Waals surface area contributed by atoms with Gasteiger partial charge < -0.3 is 10.7 Å². The van der Waals surface area contributed by atoms with Crippen LogP contribution in [0.15, 0.2) is 35.8 Å². The monoisotopic (exact) mass is 243 g/mol. The molecule has 0 fully saturated rings. The molecule has 0 aliphatic rings. The number of aromatic amines is 1. The minimum Gasteiger partial charge on any atom is -0.364 e. The van der Waals surface area contributed by atoms with Gasteiger partial charge in [0.25, 0.3) is 5.91 Å². The van der Waals surface area contributed by atoms with E-state index >= 15 is 0 Å². The molecule has 3 aromatic rings. The largest absolute Gasteiger partial charge is 0.364 e. The van der Waals surface area contributed by atoms with Gasteiger partial charge in [0.2, 0.25) is 0 Å². The Morgan fingerprint density at radius 1 is 1.35 bits per heavy atom. The predicted octanol–water partition coefficient (Wildman–Crippen LogP) is 2.39. The molecule has 0 aliphatic heterocycles. The molecule has 4 nitrogen and oxygen atoms in total. The van der Waals surface area contributed by atoms with Crippen LogP contribution in [0.4, 0.5) is 0 Å². The Morgan fingerprint density at radius 3 is 3.00 bits per heavy atom. The van der Waals surface area contributed by atoms with Crippen molar-refractivity contribution in [3.05, 3.63) is 41.5 Å². The van der Waals surface area contributed by atoms with E-state index in [1.807, 2.05) is 30.5 Å². The molecule has 0 atom stereocenters. The highest BCUT2D eigenvalue weighted by atomic mass is 32.1. The van der Waals surface area contributed by atoms with Gasteiger partial charge in [-0.15, -0.1) is 11.3 Å². The van der Waals surface area contributed by atoms with Gasteiger partial charge in [0.15, 0.2) is 0 Å². The molecule has 0 bridgehead atoms. The topological polar surface area (TPSA) is 71.8 Å². The third kappa shape index (κ3) is 1.70. The second-order valence-electron chi connectivity index (χ2n) is 3.68. The lowest BCUT2D eigenvalue weighted by molar-refractivity contribution is 0.0996. The number of nitrogens with two attached hydrogens (primary N) is 1. The van der Waals surface area contributed by atoms with Gasteiger partial charge in [0.1, 0.15) is 10.7 Å².